The first-order valence-corrected chi connectivity index (χ1v) is 10.9. The van der Waals surface area contributed by atoms with Gasteiger partial charge in [-0.05, 0) is 88.0 Å². The summed E-state index contributed by atoms with van der Waals surface area (Å²) in [5.74, 6) is -0.357. The van der Waals surface area contributed by atoms with E-state index in [4.69, 9.17) is 14.2 Å². The minimum atomic E-state index is -0.489. The Morgan fingerprint density at radius 1 is 1.04 bits per heavy atom. The van der Waals surface area contributed by atoms with Crippen LogP contribution in [0.15, 0.2) is 60.7 Å². The van der Waals surface area contributed by atoms with E-state index in [2.05, 4.69) is 69.4 Å². The third-order valence-corrected chi connectivity index (χ3v) is 5.59. The third-order valence-electron chi connectivity index (χ3n) is 4.15. The summed E-state index contributed by atoms with van der Waals surface area (Å²) in [6.07, 6.45) is 3.00. The summed E-state index contributed by atoms with van der Waals surface area (Å²) in [4.78, 5) is 11.7. The molecule has 2 aromatic rings. The molecule has 0 unspecified atom stereocenters. The first-order valence-electron chi connectivity index (χ1n) is 8.72. The van der Waals surface area contributed by atoms with Gasteiger partial charge in [-0.1, -0.05) is 24.3 Å². The van der Waals surface area contributed by atoms with Gasteiger partial charge in [-0.2, -0.15) is 0 Å². The molecule has 2 aromatic carbocycles. The second kappa shape index (κ2) is 9.99. The molecule has 1 saturated heterocycles. The van der Waals surface area contributed by atoms with Gasteiger partial charge in [0, 0.05) is 25.2 Å². The van der Waals surface area contributed by atoms with Crippen LogP contribution in [0, 0.1) is 7.14 Å². The Balaban J connectivity index is 1.82. The zero-order valence-electron chi connectivity index (χ0n) is 14.8. The average molecular weight is 590 g/mol. The van der Waals surface area contributed by atoms with Crippen LogP contribution >= 0.6 is 45.2 Å². The largest absolute Gasteiger partial charge is 0.463 e. The fourth-order valence-corrected chi connectivity index (χ4v) is 3.55. The van der Waals surface area contributed by atoms with Gasteiger partial charge in [0.15, 0.2) is 6.29 Å². The van der Waals surface area contributed by atoms with E-state index in [-0.39, 0.29) is 18.2 Å². The quantitative estimate of drug-likeness (QED) is 0.260. The summed E-state index contributed by atoms with van der Waals surface area (Å²) in [6, 6.07) is 16.4. The summed E-state index contributed by atoms with van der Waals surface area (Å²) < 4.78 is 19.6. The van der Waals surface area contributed by atoms with Gasteiger partial charge in [0.25, 0.3) is 0 Å². The number of esters is 1. The fraction of sp³-hybridized carbons (Fsp3) is 0.286. The number of rotatable bonds is 5. The third kappa shape index (κ3) is 6.00. The predicted octanol–water partition coefficient (Wildman–Crippen LogP) is 5.56. The predicted molar refractivity (Wildman–Crippen MR) is 120 cm³/mol. The molecule has 3 rings (SSSR count). The van der Waals surface area contributed by atoms with Gasteiger partial charge in [-0.25, -0.2) is 4.79 Å². The number of hydrogen-bond acceptors (Lipinski definition) is 4. The van der Waals surface area contributed by atoms with Crippen molar-refractivity contribution in [3.05, 3.63) is 79.0 Å². The Bertz CT molecular complexity index is 733. The van der Waals surface area contributed by atoms with Gasteiger partial charge >= 0.3 is 5.97 Å². The van der Waals surface area contributed by atoms with Crippen LogP contribution in [0.25, 0.3) is 0 Å². The van der Waals surface area contributed by atoms with E-state index in [9.17, 15) is 4.79 Å². The van der Waals surface area contributed by atoms with Crippen molar-refractivity contribution < 1.29 is 19.0 Å². The van der Waals surface area contributed by atoms with Crippen LogP contribution < -0.4 is 0 Å². The maximum absolute atomic E-state index is 11.7. The van der Waals surface area contributed by atoms with Gasteiger partial charge < -0.3 is 14.2 Å². The molecule has 0 aromatic heterocycles. The molecule has 0 radical (unpaired) electrons. The molecule has 1 fully saturated rings. The molecule has 0 aliphatic carbocycles. The molecule has 3 atom stereocenters. The van der Waals surface area contributed by atoms with E-state index in [1.165, 1.54) is 9.65 Å². The Morgan fingerprint density at radius 3 is 2.22 bits per heavy atom. The van der Waals surface area contributed by atoms with Crippen molar-refractivity contribution in [2.45, 2.75) is 31.8 Å². The molecule has 0 N–H and O–H groups in total. The standard InChI is InChI=1S/C21H20I2O4/c1-2-25-20(24)12-11-18-13-19(14-3-7-16(22)8-4-14)27-21(26-18)15-5-9-17(23)10-6-15/h3-12,18-19,21H,2,13H2,1H3/b12-11+/t18-,19-,21-/m0/s1. The highest BCUT2D eigenvalue weighted by atomic mass is 127. The van der Waals surface area contributed by atoms with E-state index in [0.717, 1.165) is 14.7 Å². The lowest BCUT2D eigenvalue weighted by molar-refractivity contribution is -0.239. The summed E-state index contributed by atoms with van der Waals surface area (Å²) in [5.41, 5.74) is 2.06. The molecular weight excluding hydrogens is 570 g/mol. The highest BCUT2D eigenvalue weighted by molar-refractivity contribution is 14.1. The van der Waals surface area contributed by atoms with Crippen molar-refractivity contribution in [3.8, 4) is 0 Å². The van der Waals surface area contributed by atoms with E-state index >= 15 is 0 Å². The van der Waals surface area contributed by atoms with Crippen LogP contribution in [0.2, 0.25) is 0 Å². The molecule has 0 bridgehead atoms. The van der Waals surface area contributed by atoms with Crippen LogP contribution in [-0.4, -0.2) is 18.7 Å². The maximum atomic E-state index is 11.7. The zero-order valence-corrected chi connectivity index (χ0v) is 19.1. The van der Waals surface area contributed by atoms with E-state index in [1.807, 2.05) is 24.3 Å². The van der Waals surface area contributed by atoms with Crippen molar-refractivity contribution in [3.63, 3.8) is 0 Å². The van der Waals surface area contributed by atoms with Crippen LogP contribution in [0.4, 0.5) is 0 Å². The minimum absolute atomic E-state index is 0.114. The lowest BCUT2D eigenvalue weighted by Crippen LogP contribution is -2.28. The number of hydrogen-bond donors (Lipinski definition) is 0. The summed E-state index contributed by atoms with van der Waals surface area (Å²) in [6.45, 7) is 2.14. The van der Waals surface area contributed by atoms with Crippen LogP contribution in [0.3, 0.4) is 0 Å². The van der Waals surface area contributed by atoms with Gasteiger partial charge in [0.05, 0.1) is 18.8 Å². The number of carbonyl (C=O) groups excluding carboxylic acids is 1. The Labute approximate surface area is 186 Å². The molecule has 0 spiro atoms. The lowest BCUT2D eigenvalue weighted by atomic mass is 10.0. The van der Waals surface area contributed by atoms with Gasteiger partial charge in [0.1, 0.15) is 0 Å². The summed E-state index contributed by atoms with van der Waals surface area (Å²) in [7, 11) is 0. The normalized spacial score (nSPS) is 22.7. The van der Waals surface area contributed by atoms with Gasteiger partial charge in [0.2, 0.25) is 0 Å². The molecule has 142 valence electrons. The highest BCUT2D eigenvalue weighted by Gasteiger charge is 2.31. The van der Waals surface area contributed by atoms with E-state index < -0.39 is 6.29 Å². The van der Waals surface area contributed by atoms with Crippen LogP contribution in [0.1, 0.15) is 36.9 Å². The number of halogens is 2. The monoisotopic (exact) mass is 590 g/mol. The van der Waals surface area contributed by atoms with Crippen LogP contribution in [0.5, 0.6) is 0 Å². The molecule has 1 aliphatic heterocycles. The Kier molecular flexibility index (Phi) is 7.68. The highest BCUT2D eigenvalue weighted by Crippen LogP contribution is 2.38. The molecule has 0 saturated carbocycles. The molecule has 27 heavy (non-hydrogen) atoms. The SMILES string of the molecule is CCOC(=O)/C=C/[C@H]1C[C@@H](c2ccc(I)cc2)O[C@@H](c2ccc(I)cc2)O1. The Hall–Kier alpha value is -0.970. The molecular formula is C21H20I2O4. The molecule has 1 aliphatic rings. The molecule has 6 heteroatoms. The number of carbonyl (C=O) groups is 1. The minimum Gasteiger partial charge on any atom is -0.463 e. The first kappa shape index (κ1) is 20.8. The summed E-state index contributed by atoms with van der Waals surface area (Å²) in [5, 5.41) is 0. The number of benzene rings is 2. The first-order chi connectivity index (χ1) is 13.0. The second-order valence-electron chi connectivity index (χ2n) is 6.08. The smallest absolute Gasteiger partial charge is 0.330 e. The van der Waals surface area contributed by atoms with Crippen molar-refractivity contribution in [1.29, 1.82) is 0 Å². The second-order valence-corrected chi connectivity index (χ2v) is 8.57. The summed E-state index contributed by atoms with van der Waals surface area (Å²) >= 11 is 4.56. The van der Waals surface area contributed by atoms with Gasteiger partial charge in [-0.3, -0.25) is 0 Å². The topological polar surface area (TPSA) is 44.8 Å². The van der Waals surface area contributed by atoms with E-state index in [0.29, 0.717) is 13.0 Å². The van der Waals surface area contributed by atoms with Crippen molar-refractivity contribution in [2.24, 2.45) is 0 Å². The van der Waals surface area contributed by atoms with Gasteiger partial charge in [-0.15, -0.1) is 0 Å². The zero-order chi connectivity index (χ0) is 19.2. The maximum Gasteiger partial charge on any atom is 0.330 e. The fourth-order valence-electron chi connectivity index (χ4n) is 2.83. The average Bonchev–Trinajstić information content (AvgIpc) is 2.67. The number of ether oxygens (including phenoxy) is 3. The van der Waals surface area contributed by atoms with E-state index in [1.54, 1.807) is 13.0 Å². The molecule has 1 heterocycles. The lowest BCUT2D eigenvalue weighted by Gasteiger charge is -2.35. The molecule has 0 amide bonds. The molecule has 4 nitrogen and oxygen atoms in total. The van der Waals surface area contributed by atoms with Crippen LogP contribution in [-0.2, 0) is 19.0 Å². The van der Waals surface area contributed by atoms with Crippen molar-refractivity contribution >= 4 is 51.2 Å². The Morgan fingerprint density at radius 2 is 1.63 bits per heavy atom. The van der Waals surface area contributed by atoms with Crippen molar-refractivity contribution in [2.75, 3.05) is 6.61 Å². The van der Waals surface area contributed by atoms with Crippen molar-refractivity contribution in [1.82, 2.24) is 0 Å².